The maximum atomic E-state index is 5.42. The fourth-order valence-corrected chi connectivity index (χ4v) is 4.74. The zero-order chi connectivity index (χ0) is 19.6. The maximum Gasteiger partial charge on any atom is 0.101 e. The summed E-state index contributed by atoms with van der Waals surface area (Å²) >= 11 is 1.83. The van der Waals surface area contributed by atoms with Crippen LogP contribution in [-0.2, 0) is 4.74 Å². The van der Waals surface area contributed by atoms with Gasteiger partial charge in [-0.2, -0.15) is 5.10 Å². The highest BCUT2D eigenvalue weighted by Crippen LogP contribution is 2.47. The molecular weight excluding hydrogens is 378 g/mol. The molecule has 0 radical (unpaired) electrons. The molecule has 0 aliphatic carbocycles. The Morgan fingerprint density at radius 2 is 1.79 bits per heavy atom. The van der Waals surface area contributed by atoms with Crippen molar-refractivity contribution in [3.05, 3.63) is 78.4 Å². The zero-order valence-electron chi connectivity index (χ0n) is 16.4. The Bertz CT molecular complexity index is 1030. The molecule has 1 unspecified atom stereocenters. The van der Waals surface area contributed by atoms with Crippen LogP contribution >= 0.6 is 11.8 Å². The fourth-order valence-electron chi connectivity index (χ4n) is 3.59. The van der Waals surface area contributed by atoms with Crippen molar-refractivity contribution in [3.8, 4) is 0 Å². The largest absolute Gasteiger partial charge is 0.371 e. The molecule has 2 heterocycles. The molecule has 0 saturated carbocycles. The molecule has 5 heteroatoms. The molecule has 0 amide bonds. The van der Waals surface area contributed by atoms with E-state index in [4.69, 9.17) is 9.84 Å². The number of hydrogen-bond donors (Lipinski definition) is 0. The normalized spacial score (nSPS) is 17.1. The lowest BCUT2D eigenvalue weighted by Crippen LogP contribution is -2.22. The lowest BCUT2D eigenvalue weighted by molar-refractivity contribution is 0.408. The van der Waals surface area contributed by atoms with Crippen LogP contribution in [0, 0.1) is 0 Å². The molecule has 5 rings (SSSR count). The predicted octanol–water partition coefficient (Wildman–Crippen LogP) is 5.55. The fraction of sp³-hybridized carbons (Fsp3) is 0.208. The molecule has 1 atom stereocenters. The van der Waals surface area contributed by atoms with E-state index in [1.165, 1.54) is 21.2 Å². The van der Waals surface area contributed by atoms with E-state index in [0.29, 0.717) is 0 Å². The van der Waals surface area contributed by atoms with E-state index < -0.39 is 0 Å². The zero-order valence-corrected chi connectivity index (χ0v) is 17.2. The first-order chi connectivity index (χ1) is 14.3. The van der Waals surface area contributed by atoms with E-state index in [2.05, 4.69) is 66.4 Å². The van der Waals surface area contributed by atoms with Crippen molar-refractivity contribution >= 4 is 35.0 Å². The predicted molar refractivity (Wildman–Crippen MR) is 121 cm³/mol. The Labute approximate surface area is 175 Å². The number of fused-ring (bicyclic) bond motifs is 2. The van der Waals surface area contributed by atoms with Gasteiger partial charge in [0.05, 0.1) is 36.4 Å². The van der Waals surface area contributed by atoms with E-state index in [1.807, 2.05) is 41.2 Å². The molecule has 146 valence electrons. The Hall–Kier alpha value is -2.76. The number of ether oxygens (including phenoxy) is 1. The van der Waals surface area contributed by atoms with Crippen LogP contribution in [0.1, 0.15) is 12.5 Å². The molecule has 0 bridgehead atoms. The van der Waals surface area contributed by atoms with Crippen LogP contribution in [0.15, 0.2) is 87.7 Å². The highest BCUT2D eigenvalue weighted by molar-refractivity contribution is 7.99. The summed E-state index contributed by atoms with van der Waals surface area (Å²) < 4.78 is 5.42. The minimum absolute atomic E-state index is 0.279. The number of para-hydroxylation sites is 2. The first-order valence-corrected chi connectivity index (χ1v) is 10.8. The monoisotopic (exact) mass is 401 g/mol. The van der Waals surface area contributed by atoms with E-state index in [0.717, 1.165) is 30.9 Å². The van der Waals surface area contributed by atoms with Gasteiger partial charge in [-0.3, -0.25) is 5.01 Å². The summed E-state index contributed by atoms with van der Waals surface area (Å²) in [6, 6.07) is 25.5. The van der Waals surface area contributed by atoms with E-state index >= 15 is 0 Å². The van der Waals surface area contributed by atoms with Crippen molar-refractivity contribution < 1.29 is 4.74 Å². The third kappa shape index (κ3) is 3.88. The van der Waals surface area contributed by atoms with E-state index in [-0.39, 0.29) is 6.10 Å². The van der Waals surface area contributed by atoms with Crippen molar-refractivity contribution in [2.75, 3.05) is 29.6 Å². The van der Waals surface area contributed by atoms with Crippen LogP contribution in [0.4, 0.5) is 17.1 Å². The number of benzene rings is 3. The Kier molecular flexibility index (Phi) is 5.00. The molecule has 0 spiro atoms. The third-order valence-electron chi connectivity index (χ3n) is 5.15. The molecule has 4 nitrogen and oxygen atoms in total. The summed E-state index contributed by atoms with van der Waals surface area (Å²) in [5, 5.41) is 6.81. The molecule has 1 saturated heterocycles. The second kappa shape index (κ2) is 7.93. The van der Waals surface area contributed by atoms with Gasteiger partial charge < -0.3 is 9.64 Å². The highest BCUT2D eigenvalue weighted by atomic mass is 32.2. The molecule has 1 fully saturated rings. The molecular formula is C24H23N3OS. The van der Waals surface area contributed by atoms with Gasteiger partial charge in [-0.25, -0.2) is 0 Å². The van der Waals surface area contributed by atoms with Gasteiger partial charge in [0, 0.05) is 16.3 Å². The molecule has 3 aromatic carbocycles. The number of nitrogens with zero attached hydrogens (tertiary/aromatic N) is 3. The number of hydrogen-bond acceptors (Lipinski definition) is 5. The lowest BCUT2D eigenvalue weighted by Gasteiger charge is -2.32. The number of hydrazone groups is 1. The number of rotatable bonds is 6. The third-order valence-corrected chi connectivity index (χ3v) is 6.26. The molecule has 3 aromatic rings. The van der Waals surface area contributed by atoms with Crippen LogP contribution in [0.2, 0.25) is 0 Å². The molecule has 0 aromatic heterocycles. The Morgan fingerprint density at radius 1 is 1.03 bits per heavy atom. The van der Waals surface area contributed by atoms with Gasteiger partial charge in [0.25, 0.3) is 0 Å². The van der Waals surface area contributed by atoms with Gasteiger partial charge in [0.2, 0.25) is 0 Å². The number of anilines is 3. The molecule has 29 heavy (non-hydrogen) atoms. The Balaban J connectivity index is 1.42. The van der Waals surface area contributed by atoms with Crippen molar-refractivity contribution in [3.63, 3.8) is 0 Å². The summed E-state index contributed by atoms with van der Waals surface area (Å²) in [5.74, 6) is 0. The topological polar surface area (TPSA) is 31.4 Å². The molecule has 2 aliphatic heterocycles. The van der Waals surface area contributed by atoms with E-state index in [9.17, 15) is 0 Å². The summed E-state index contributed by atoms with van der Waals surface area (Å²) in [6.45, 7) is 4.74. The summed E-state index contributed by atoms with van der Waals surface area (Å²) in [5.41, 5.74) is 4.73. The second-order valence-corrected chi connectivity index (χ2v) is 8.24. The Morgan fingerprint density at radius 3 is 2.59 bits per heavy atom. The van der Waals surface area contributed by atoms with Gasteiger partial charge in [-0.15, -0.1) is 0 Å². The van der Waals surface area contributed by atoms with Crippen LogP contribution in [0.3, 0.4) is 0 Å². The quantitative estimate of drug-likeness (QED) is 0.308. The van der Waals surface area contributed by atoms with Crippen molar-refractivity contribution in [1.29, 1.82) is 0 Å². The average Bonchev–Trinajstić information content (AvgIpc) is 3.59. The van der Waals surface area contributed by atoms with Crippen LogP contribution in [0.5, 0.6) is 0 Å². The molecule has 0 N–H and O–H groups in total. The minimum Gasteiger partial charge on any atom is -0.371 e. The lowest BCUT2D eigenvalue weighted by atomic mass is 10.1. The minimum atomic E-state index is 0.279. The summed E-state index contributed by atoms with van der Waals surface area (Å²) in [7, 11) is 0. The first kappa shape index (κ1) is 18.3. The second-order valence-electron chi connectivity index (χ2n) is 7.16. The summed E-state index contributed by atoms with van der Waals surface area (Å²) in [4.78, 5) is 4.95. The van der Waals surface area contributed by atoms with Crippen LogP contribution < -0.4 is 9.91 Å². The smallest absolute Gasteiger partial charge is 0.101 e. The number of epoxide rings is 1. The van der Waals surface area contributed by atoms with Crippen molar-refractivity contribution in [2.45, 2.75) is 22.8 Å². The van der Waals surface area contributed by atoms with Crippen LogP contribution in [0.25, 0.3) is 0 Å². The summed E-state index contributed by atoms with van der Waals surface area (Å²) in [6.07, 6.45) is 2.23. The SMILES string of the molecule is CCN1c2ccccc2Sc2cc(/C=N/N(CC3CO3)c3ccccc3)ccc21. The van der Waals surface area contributed by atoms with Gasteiger partial charge >= 0.3 is 0 Å². The average molecular weight is 402 g/mol. The standard InChI is InChI=1S/C24H23N3OS/c1-2-26-21-10-6-7-11-23(21)29-24-14-18(12-13-22(24)26)15-25-27(16-20-17-28-20)19-8-4-3-5-9-19/h3-15,20H,2,16-17H2,1H3/b25-15+. The van der Waals surface area contributed by atoms with Crippen molar-refractivity contribution in [2.24, 2.45) is 5.10 Å². The van der Waals surface area contributed by atoms with Crippen molar-refractivity contribution in [1.82, 2.24) is 0 Å². The van der Waals surface area contributed by atoms with Gasteiger partial charge in [-0.05, 0) is 48.9 Å². The van der Waals surface area contributed by atoms with Gasteiger partial charge in [0.1, 0.15) is 6.10 Å². The van der Waals surface area contributed by atoms with Gasteiger partial charge in [0.15, 0.2) is 0 Å². The van der Waals surface area contributed by atoms with E-state index in [1.54, 1.807) is 0 Å². The van der Waals surface area contributed by atoms with Crippen LogP contribution in [-0.4, -0.2) is 32.0 Å². The molecule has 2 aliphatic rings. The van der Waals surface area contributed by atoms with Gasteiger partial charge in [-0.1, -0.05) is 48.2 Å². The highest BCUT2D eigenvalue weighted by Gasteiger charge is 2.26. The maximum absolute atomic E-state index is 5.42. The first-order valence-electron chi connectivity index (χ1n) is 9.98.